The van der Waals surface area contributed by atoms with E-state index in [2.05, 4.69) is 4.99 Å². The maximum Gasteiger partial charge on any atom is 0.227 e. The Kier molecular flexibility index (Phi) is 11.4. The van der Waals surface area contributed by atoms with Crippen molar-refractivity contribution in [1.29, 1.82) is 5.26 Å². The second kappa shape index (κ2) is 14.2. The van der Waals surface area contributed by atoms with Crippen LogP contribution in [-0.4, -0.2) is 59.9 Å². The summed E-state index contributed by atoms with van der Waals surface area (Å²) >= 11 is 0. The highest BCUT2D eigenvalue weighted by Gasteiger charge is 2.39. The summed E-state index contributed by atoms with van der Waals surface area (Å²) in [6, 6.07) is 7.63. The second-order valence-electron chi connectivity index (χ2n) is 9.78. The van der Waals surface area contributed by atoms with Crippen molar-refractivity contribution >= 4 is 29.2 Å². The number of amides is 1. The first-order chi connectivity index (χ1) is 17.6. The van der Waals surface area contributed by atoms with Crippen LogP contribution in [0.2, 0.25) is 0 Å². The maximum absolute atomic E-state index is 13.5. The number of carbonyl (C=O) groups excluding carboxylic acids is 4. The fraction of sp³-hybridized carbons (Fsp3) is 0.556. The average Bonchev–Trinajstić information content (AvgIpc) is 3.37. The van der Waals surface area contributed by atoms with Crippen molar-refractivity contribution in [1.82, 2.24) is 4.90 Å². The third-order valence-electron chi connectivity index (χ3n) is 6.79. The van der Waals surface area contributed by atoms with Crippen LogP contribution in [0.15, 0.2) is 29.3 Å². The van der Waals surface area contributed by atoms with E-state index in [1.54, 1.807) is 18.2 Å². The van der Waals surface area contributed by atoms with Crippen LogP contribution in [0.5, 0.6) is 0 Å². The first kappa shape index (κ1) is 29.6. The predicted molar refractivity (Wildman–Crippen MR) is 137 cm³/mol. The first-order valence-electron chi connectivity index (χ1n) is 12.6. The molecule has 0 saturated carbocycles. The largest absolute Gasteiger partial charge is 0.370 e. The Morgan fingerprint density at radius 1 is 1.22 bits per heavy atom. The fourth-order valence-electron chi connectivity index (χ4n) is 4.68. The van der Waals surface area contributed by atoms with Gasteiger partial charge in [0.15, 0.2) is 23.3 Å². The van der Waals surface area contributed by atoms with E-state index in [0.717, 1.165) is 0 Å². The molecule has 0 aliphatic carbocycles. The zero-order chi connectivity index (χ0) is 27.5. The molecule has 3 atom stereocenters. The standard InChI is InChI=1S/C27H36FN5O4/c1-17(2)21(14-23(34)19-7-3-6-18(12-19)16-29)26(37)33-11-5-9-22(33)24(35)13-20(25(36)15-28)8-4-10-32-27(30)31/h3,6-7,12,17,20-22H,4-5,8-11,13-15H2,1-2H3,(H4,30,31,32)/t20-,21+,22+/m1/s1. The zero-order valence-electron chi connectivity index (χ0n) is 21.5. The van der Waals surface area contributed by atoms with Gasteiger partial charge in [0, 0.05) is 43.3 Å². The number of rotatable bonds is 14. The molecule has 1 amide bonds. The van der Waals surface area contributed by atoms with Gasteiger partial charge in [-0.3, -0.25) is 24.2 Å². The first-order valence-corrected chi connectivity index (χ1v) is 12.6. The summed E-state index contributed by atoms with van der Waals surface area (Å²) in [7, 11) is 0. The minimum atomic E-state index is -1.17. The van der Waals surface area contributed by atoms with Crippen LogP contribution in [0.3, 0.4) is 0 Å². The van der Waals surface area contributed by atoms with E-state index >= 15 is 0 Å². The number of aliphatic imine (C=N–C) groups is 1. The minimum absolute atomic E-state index is 0.0451. The molecule has 1 fully saturated rings. The second-order valence-corrected chi connectivity index (χ2v) is 9.78. The van der Waals surface area contributed by atoms with E-state index in [1.807, 2.05) is 19.9 Å². The smallest absolute Gasteiger partial charge is 0.227 e. The Morgan fingerprint density at radius 3 is 2.57 bits per heavy atom. The monoisotopic (exact) mass is 513 g/mol. The van der Waals surface area contributed by atoms with Gasteiger partial charge < -0.3 is 16.4 Å². The molecular weight excluding hydrogens is 477 g/mol. The van der Waals surface area contributed by atoms with E-state index in [-0.39, 0.29) is 55.2 Å². The lowest BCUT2D eigenvalue weighted by Crippen LogP contribution is -2.45. The molecule has 37 heavy (non-hydrogen) atoms. The van der Waals surface area contributed by atoms with Crippen molar-refractivity contribution < 1.29 is 23.6 Å². The molecular formula is C27H36FN5O4. The number of guanidine groups is 1. The van der Waals surface area contributed by atoms with Gasteiger partial charge in [0.05, 0.1) is 17.7 Å². The number of nitrogens with two attached hydrogens (primary N) is 2. The Bertz CT molecular complexity index is 1060. The highest BCUT2D eigenvalue weighted by molar-refractivity contribution is 6.00. The van der Waals surface area contributed by atoms with Crippen molar-refractivity contribution in [3.8, 4) is 6.07 Å². The summed E-state index contributed by atoms with van der Waals surface area (Å²) in [5, 5.41) is 9.11. The number of carbonyl (C=O) groups is 4. The molecule has 0 radical (unpaired) electrons. The minimum Gasteiger partial charge on any atom is -0.370 e. The van der Waals surface area contributed by atoms with E-state index in [1.165, 1.54) is 11.0 Å². The normalized spacial score (nSPS) is 16.6. The molecule has 1 aliphatic rings. The maximum atomic E-state index is 13.5. The highest BCUT2D eigenvalue weighted by Crippen LogP contribution is 2.28. The number of nitrogens with zero attached hydrogens (tertiary/aromatic N) is 3. The van der Waals surface area contributed by atoms with Crippen molar-refractivity contribution in [2.45, 2.75) is 58.4 Å². The fourth-order valence-corrected chi connectivity index (χ4v) is 4.68. The zero-order valence-corrected chi connectivity index (χ0v) is 21.5. The topological polar surface area (TPSA) is 160 Å². The number of alkyl halides is 1. The molecule has 9 nitrogen and oxygen atoms in total. The number of ketones is 3. The van der Waals surface area contributed by atoms with Gasteiger partial charge in [-0.05, 0) is 43.7 Å². The number of hydrogen-bond donors (Lipinski definition) is 2. The van der Waals surface area contributed by atoms with Crippen LogP contribution in [-0.2, 0) is 14.4 Å². The summed E-state index contributed by atoms with van der Waals surface area (Å²) in [6.07, 6.45) is 1.55. The van der Waals surface area contributed by atoms with Crippen molar-refractivity contribution in [2.75, 3.05) is 19.8 Å². The SMILES string of the molecule is CC(C)[C@H](CC(=O)c1cccc(C#N)c1)C(=O)N1CCC[C@H]1C(=O)C[C@@H](CCCN=C(N)N)C(=O)CF. The van der Waals surface area contributed by atoms with Crippen LogP contribution in [0, 0.1) is 29.1 Å². The number of likely N-dealkylation sites (tertiary alicyclic amines) is 1. The van der Waals surface area contributed by atoms with Gasteiger partial charge in [-0.1, -0.05) is 26.0 Å². The Morgan fingerprint density at radius 2 is 1.95 bits per heavy atom. The van der Waals surface area contributed by atoms with Gasteiger partial charge in [0.1, 0.15) is 6.67 Å². The summed E-state index contributed by atoms with van der Waals surface area (Å²) in [6.45, 7) is 3.17. The summed E-state index contributed by atoms with van der Waals surface area (Å²) in [5.74, 6) is -3.16. The molecule has 1 saturated heterocycles. The van der Waals surface area contributed by atoms with Crippen LogP contribution in [0.4, 0.5) is 4.39 Å². The van der Waals surface area contributed by atoms with Gasteiger partial charge in [0.25, 0.3) is 0 Å². The summed E-state index contributed by atoms with van der Waals surface area (Å²) in [4.78, 5) is 57.2. The molecule has 1 aliphatic heterocycles. The molecule has 0 aromatic heterocycles. The third kappa shape index (κ3) is 8.48. The lowest BCUT2D eigenvalue weighted by molar-refractivity contribution is -0.142. The van der Waals surface area contributed by atoms with Gasteiger partial charge in [0.2, 0.25) is 5.91 Å². The van der Waals surface area contributed by atoms with Crippen LogP contribution in [0.1, 0.15) is 68.3 Å². The van der Waals surface area contributed by atoms with Crippen molar-refractivity contribution in [3.63, 3.8) is 0 Å². The lowest BCUT2D eigenvalue weighted by Gasteiger charge is -2.30. The Labute approximate surface area is 217 Å². The van der Waals surface area contributed by atoms with Gasteiger partial charge in [-0.15, -0.1) is 0 Å². The quantitative estimate of drug-likeness (QED) is 0.167. The van der Waals surface area contributed by atoms with E-state index < -0.39 is 30.3 Å². The van der Waals surface area contributed by atoms with Crippen LogP contribution in [0.25, 0.3) is 0 Å². The molecule has 200 valence electrons. The molecule has 1 aromatic rings. The van der Waals surface area contributed by atoms with E-state index in [9.17, 15) is 23.6 Å². The molecule has 4 N–H and O–H groups in total. The molecule has 10 heteroatoms. The summed E-state index contributed by atoms with van der Waals surface area (Å²) < 4.78 is 13.2. The van der Waals surface area contributed by atoms with Crippen LogP contribution < -0.4 is 11.5 Å². The van der Waals surface area contributed by atoms with Gasteiger partial charge >= 0.3 is 0 Å². The molecule has 0 spiro atoms. The van der Waals surface area contributed by atoms with Crippen molar-refractivity contribution in [2.24, 2.45) is 34.2 Å². The molecule has 0 unspecified atom stereocenters. The van der Waals surface area contributed by atoms with E-state index in [4.69, 9.17) is 16.7 Å². The lowest BCUT2D eigenvalue weighted by atomic mass is 9.86. The predicted octanol–water partition coefficient (Wildman–Crippen LogP) is 2.56. The van der Waals surface area contributed by atoms with Crippen molar-refractivity contribution in [3.05, 3.63) is 35.4 Å². The van der Waals surface area contributed by atoms with Gasteiger partial charge in [-0.2, -0.15) is 5.26 Å². The Balaban J connectivity index is 2.12. The Hall–Kier alpha value is -3.61. The molecule has 0 bridgehead atoms. The number of nitriles is 1. The van der Waals surface area contributed by atoms with E-state index in [0.29, 0.717) is 36.9 Å². The number of benzene rings is 1. The number of hydrogen-bond acceptors (Lipinski definition) is 6. The number of halogens is 1. The van der Waals surface area contributed by atoms with Crippen LogP contribution >= 0.6 is 0 Å². The number of Topliss-reactive ketones (excluding diaryl/α,β-unsaturated/α-hetero) is 3. The average molecular weight is 514 g/mol. The third-order valence-corrected chi connectivity index (χ3v) is 6.79. The molecule has 2 rings (SSSR count). The highest BCUT2D eigenvalue weighted by atomic mass is 19.1. The summed E-state index contributed by atoms with van der Waals surface area (Å²) in [5.41, 5.74) is 11.3. The molecule has 1 heterocycles. The van der Waals surface area contributed by atoms with Gasteiger partial charge in [-0.25, -0.2) is 4.39 Å². The molecule has 1 aromatic carbocycles.